The summed E-state index contributed by atoms with van der Waals surface area (Å²) < 4.78 is 1.12. The third kappa shape index (κ3) is 3.07. The minimum Gasteiger partial charge on any atom is -0.392 e. The summed E-state index contributed by atoms with van der Waals surface area (Å²) in [5, 5.41) is 11.2. The van der Waals surface area contributed by atoms with Crippen LogP contribution in [0.2, 0.25) is 0 Å². The summed E-state index contributed by atoms with van der Waals surface area (Å²) in [6, 6.07) is 2.09. The monoisotopic (exact) mass is 327 g/mol. The summed E-state index contributed by atoms with van der Waals surface area (Å²) >= 11 is 5.12. The van der Waals surface area contributed by atoms with E-state index < -0.39 is 0 Å². The topological polar surface area (TPSA) is 49.2 Å². The molecule has 18 heavy (non-hydrogen) atoms. The fourth-order valence-electron chi connectivity index (χ4n) is 1.59. The molecule has 0 spiro atoms. The normalized spacial score (nSPS) is 10.7. The first-order chi connectivity index (χ1) is 8.60. The van der Waals surface area contributed by atoms with Gasteiger partial charge in [0.2, 0.25) is 5.95 Å². The van der Waals surface area contributed by atoms with Crippen molar-refractivity contribution in [1.29, 1.82) is 0 Å². The van der Waals surface area contributed by atoms with Crippen LogP contribution in [0.25, 0.3) is 0 Å². The van der Waals surface area contributed by atoms with Crippen molar-refractivity contribution < 1.29 is 5.11 Å². The van der Waals surface area contributed by atoms with Crippen LogP contribution in [-0.4, -0.2) is 22.1 Å². The molecule has 2 aromatic heterocycles. The Balaban J connectivity index is 2.13. The van der Waals surface area contributed by atoms with Crippen LogP contribution < -0.4 is 4.90 Å². The van der Waals surface area contributed by atoms with E-state index in [1.54, 1.807) is 17.5 Å². The van der Waals surface area contributed by atoms with Crippen LogP contribution in [0.5, 0.6) is 0 Å². The second kappa shape index (κ2) is 5.77. The number of aliphatic hydroxyl groups is 1. The maximum absolute atomic E-state index is 9.09. The summed E-state index contributed by atoms with van der Waals surface area (Å²) in [4.78, 5) is 10.6. The Morgan fingerprint density at radius 3 is 2.83 bits per heavy atom. The van der Waals surface area contributed by atoms with E-state index in [0.717, 1.165) is 21.6 Å². The minimum atomic E-state index is -0.0205. The molecule has 0 saturated carbocycles. The number of aromatic nitrogens is 2. The lowest BCUT2D eigenvalue weighted by Crippen LogP contribution is -2.19. The fraction of sp³-hybridized carbons (Fsp3) is 0.333. The average molecular weight is 328 g/mol. The predicted molar refractivity (Wildman–Crippen MR) is 76.8 cm³/mol. The largest absolute Gasteiger partial charge is 0.392 e. The van der Waals surface area contributed by atoms with Crippen LogP contribution in [0.3, 0.4) is 0 Å². The predicted octanol–water partition coefficient (Wildman–Crippen LogP) is 2.74. The highest BCUT2D eigenvalue weighted by Gasteiger charge is 2.08. The molecule has 4 nitrogen and oxygen atoms in total. The highest BCUT2D eigenvalue weighted by atomic mass is 79.9. The van der Waals surface area contributed by atoms with Gasteiger partial charge in [-0.05, 0) is 39.9 Å². The van der Waals surface area contributed by atoms with Gasteiger partial charge in [-0.2, -0.15) is 0 Å². The van der Waals surface area contributed by atoms with Gasteiger partial charge in [0.1, 0.15) is 0 Å². The van der Waals surface area contributed by atoms with Gasteiger partial charge in [0.05, 0.1) is 10.4 Å². The quantitative estimate of drug-likeness (QED) is 0.938. The van der Waals surface area contributed by atoms with Crippen molar-refractivity contribution in [3.8, 4) is 0 Å². The lowest BCUT2D eigenvalue weighted by molar-refractivity contribution is 0.280. The smallest absolute Gasteiger partial charge is 0.225 e. The van der Waals surface area contributed by atoms with Crippen LogP contribution in [0.15, 0.2) is 21.4 Å². The molecule has 0 aliphatic heterocycles. The lowest BCUT2D eigenvalue weighted by atomic mass is 10.2. The highest BCUT2D eigenvalue weighted by Crippen LogP contribution is 2.22. The number of rotatable bonds is 4. The maximum atomic E-state index is 9.09. The first-order valence-electron chi connectivity index (χ1n) is 5.47. The Morgan fingerprint density at radius 1 is 1.50 bits per heavy atom. The SMILES string of the molecule is Cc1nc(N(C)Cc2csc(Br)c2)ncc1CO. The second-order valence-electron chi connectivity index (χ2n) is 4.05. The molecule has 6 heteroatoms. The molecule has 0 radical (unpaired) electrons. The van der Waals surface area contributed by atoms with E-state index in [4.69, 9.17) is 5.11 Å². The van der Waals surface area contributed by atoms with Crippen LogP contribution in [0, 0.1) is 6.92 Å². The minimum absolute atomic E-state index is 0.0205. The van der Waals surface area contributed by atoms with E-state index in [0.29, 0.717) is 5.95 Å². The number of hydrogen-bond acceptors (Lipinski definition) is 5. The van der Waals surface area contributed by atoms with Gasteiger partial charge in [-0.15, -0.1) is 11.3 Å². The molecular formula is C12H14BrN3OS. The summed E-state index contributed by atoms with van der Waals surface area (Å²) in [7, 11) is 1.96. The van der Waals surface area contributed by atoms with Crippen molar-refractivity contribution in [2.45, 2.75) is 20.1 Å². The van der Waals surface area contributed by atoms with Gasteiger partial charge in [-0.3, -0.25) is 0 Å². The van der Waals surface area contributed by atoms with Crippen molar-refractivity contribution >= 4 is 33.2 Å². The molecule has 0 bridgehead atoms. The average Bonchev–Trinajstić information content (AvgIpc) is 2.74. The molecular weight excluding hydrogens is 314 g/mol. The molecule has 0 unspecified atom stereocenters. The summed E-state index contributed by atoms with van der Waals surface area (Å²) in [6.07, 6.45) is 1.68. The number of halogens is 1. The van der Waals surface area contributed by atoms with E-state index in [1.165, 1.54) is 5.56 Å². The standard InChI is InChI=1S/C12H14BrN3OS/c1-8-10(6-17)4-14-12(15-8)16(2)5-9-3-11(13)18-7-9/h3-4,7,17H,5-6H2,1-2H3. The van der Waals surface area contributed by atoms with Gasteiger partial charge in [-0.25, -0.2) is 9.97 Å². The Bertz CT molecular complexity index is 544. The van der Waals surface area contributed by atoms with Crippen LogP contribution in [-0.2, 0) is 13.2 Å². The van der Waals surface area contributed by atoms with E-state index in [2.05, 4.69) is 37.3 Å². The number of thiophene rings is 1. The molecule has 0 saturated heterocycles. The van der Waals surface area contributed by atoms with Crippen LogP contribution >= 0.6 is 27.3 Å². The Labute approximate surface area is 118 Å². The number of aryl methyl sites for hydroxylation is 1. The van der Waals surface area contributed by atoms with Crippen molar-refractivity contribution in [1.82, 2.24) is 9.97 Å². The molecule has 0 aliphatic carbocycles. The van der Waals surface area contributed by atoms with Crippen LogP contribution in [0.4, 0.5) is 5.95 Å². The molecule has 0 fully saturated rings. The first-order valence-corrected chi connectivity index (χ1v) is 7.15. The fourth-order valence-corrected chi connectivity index (χ4v) is 2.79. The van der Waals surface area contributed by atoms with E-state index >= 15 is 0 Å². The van der Waals surface area contributed by atoms with Crippen molar-refractivity contribution in [2.24, 2.45) is 0 Å². The molecule has 1 N–H and O–H groups in total. The molecule has 0 aliphatic rings. The maximum Gasteiger partial charge on any atom is 0.225 e. The van der Waals surface area contributed by atoms with Crippen molar-refractivity contribution in [2.75, 3.05) is 11.9 Å². The number of nitrogens with zero attached hydrogens (tertiary/aromatic N) is 3. The second-order valence-corrected chi connectivity index (χ2v) is 6.34. The zero-order valence-corrected chi connectivity index (χ0v) is 12.6. The number of anilines is 1. The molecule has 0 atom stereocenters. The Kier molecular flexibility index (Phi) is 4.31. The van der Waals surface area contributed by atoms with Gasteiger partial charge in [0.25, 0.3) is 0 Å². The summed E-state index contributed by atoms with van der Waals surface area (Å²) in [6.45, 7) is 2.62. The van der Waals surface area contributed by atoms with Crippen LogP contribution in [0.1, 0.15) is 16.8 Å². The highest BCUT2D eigenvalue weighted by molar-refractivity contribution is 9.11. The van der Waals surface area contributed by atoms with E-state index in [1.807, 2.05) is 18.9 Å². The third-order valence-electron chi connectivity index (χ3n) is 2.62. The molecule has 96 valence electrons. The molecule has 2 rings (SSSR count). The number of aliphatic hydroxyl groups excluding tert-OH is 1. The van der Waals surface area contributed by atoms with Gasteiger partial charge < -0.3 is 10.0 Å². The van der Waals surface area contributed by atoms with Crippen molar-refractivity contribution in [3.63, 3.8) is 0 Å². The summed E-state index contributed by atoms with van der Waals surface area (Å²) in [5.74, 6) is 0.673. The van der Waals surface area contributed by atoms with E-state index in [-0.39, 0.29) is 6.61 Å². The van der Waals surface area contributed by atoms with Gasteiger partial charge >= 0.3 is 0 Å². The van der Waals surface area contributed by atoms with Gasteiger partial charge in [0.15, 0.2) is 0 Å². The third-order valence-corrected chi connectivity index (χ3v) is 4.17. The van der Waals surface area contributed by atoms with Gasteiger partial charge in [-0.1, -0.05) is 0 Å². The van der Waals surface area contributed by atoms with Crippen molar-refractivity contribution in [3.05, 3.63) is 38.3 Å². The summed E-state index contributed by atoms with van der Waals surface area (Å²) in [5.41, 5.74) is 2.81. The molecule has 2 aromatic rings. The zero-order chi connectivity index (χ0) is 13.1. The molecule has 0 amide bonds. The lowest BCUT2D eigenvalue weighted by Gasteiger charge is -2.17. The Hall–Kier alpha value is -0.980. The number of hydrogen-bond donors (Lipinski definition) is 1. The Morgan fingerprint density at radius 2 is 2.28 bits per heavy atom. The van der Waals surface area contributed by atoms with E-state index in [9.17, 15) is 0 Å². The molecule has 0 aromatic carbocycles. The molecule has 2 heterocycles. The first kappa shape index (κ1) is 13.5. The van der Waals surface area contributed by atoms with Gasteiger partial charge in [0, 0.05) is 31.0 Å². The zero-order valence-electron chi connectivity index (χ0n) is 10.2.